The molecule has 0 aliphatic heterocycles. The van der Waals surface area contributed by atoms with Crippen LogP contribution in [0.4, 0.5) is 0 Å². The lowest BCUT2D eigenvalue weighted by Gasteiger charge is -2.27. The fourth-order valence-corrected chi connectivity index (χ4v) is 5.54. The molecule has 0 bridgehead atoms. The van der Waals surface area contributed by atoms with Gasteiger partial charge in [-0.1, -0.05) is 70.5 Å². The minimum absolute atomic E-state index is 0.160. The van der Waals surface area contributed by atoms with Crippen molar-refractivity contribution in [1.82, 2.24) is 0 Å². The van der Waals surface area contributed by atoms with Gasteiger partial charge in [-0.2, -0.15) is 0 Å². The van der Waals surface area contributed by atoms with Crippen LogP contribution < -0.4 is 10.5 Å². The summed E-state index contributed by atoms with van der Waals surface area (Å²) in [7, 11) is 0. The maximum absolute atomic E-state index is 6.73. The summed E-state index contributed by atoms with van der Waals surface area (Å²) in [5.41, 5.74) is 10.5. The Morgan fingerprint density at radius 3 is 2.53 bits per heavy atom. The molecule has 1 fully saturated rings. The fraction of sp³-hybridized carbons (Fsp3) is 0.571. The van der Waals surface area contributed by atoms with E-state index < -0.39 is 0 Å². The molecule has 5 atom stereocenters. The first-order chi connectivity index (χ1) is 14.7. The molecule has 0 spiro atoms. The molecule has 4 rings (SSSR count). The van der Waals surface area contributed by atoms with Crippen molar-refractivity contribution in [3.05, 3.63) is 65.2 Å². The summed E-state index contributed by atoms with van der Waals surface area (Å²) in [6.07, 6.45) is 8.50. The van der Waals surface area contributed by atoms with Crippen LogP contribution in [0.15, 0.2) is 48.5 Å². The molecule has 0 amide bonds. The molecular weight excluding hydrogens is 366 g/mol. The Kier molecular flexibility index (Phi) is 8.39. The first-order valence-electron chi connectivity index (χ1n) is 12.3. The molecule has 0 radical (unpaired) electrons. The van der Waals surface area contributed by atoms with Gasteiger partial charge in [-0.15, -0.1) is 0 Å². The Balaban J connectivity index is 0.00000124. The van der Waals surface area contributed by atoms with E-state index in [4.69, 9.17) is 10.5 Å². The summed E-state index contributed by atoms with van der Waals surface area (Å²) < 4.78 is 6.73. The van der Waals surface area contributed by atoms with E-state index in [1.807, 2.05) is 13.8 Å². The monoisotopic (exact) mass is 407 g/mol. The first kappa shape index (κ1) is 22.9. The van der Waals surface area contributed by atoms with Gasteiger partial charge in [-0.25, -0.2) is 0 Å². The zero-order chi connectivity index (χ0) is 21.5. The minimum atomic E-state index is 0.160. The van der Waals surface area contributed by atoms with Gasteiger partial charge in [-0.05, 0) is 79.2 Å². The molecule has 3 unspecified atom stereocenters. The van der Waals surface area contributed by atoms with Crippen LogP contribution in [0, 0.1) is 11.8 Å². The summed E-state index contributed by atoms with van der Waals surface area (Å²) in [5.74, 6) is 2.89. The lowest BCUT2D eigenvalue weighted by molar-refractivity contribution is 0.110. The average molecular weight is 408 g/mol. The van der Waals surface area contributed by atoms with E-state index in [-0.39, 0.29) is 6.10 Å². The summed E-state index contributed by atoms with van der Waals surface area (Å²) in [4.78, 5) is 0. The predicted octanol–water partition coefficient (Wildman–Crippen LogP) is 7.43. The second-order valence-corrected chi connectivity index (χ2v) is 8.90. The van der Waals surface area contributed by atoms with Crippen LogP contribution in [0.1, 0.15) is 94.9 Å². The molecule has 2 aliphatic rings. The van der Waals surface area contributed by atoms with Gasteiger partial charge in [0.2, 0.25) is 0 Å². The van der Waals surface area contributed by atoms with Gasteiger partial charge in [0.05, 0.1) is 0 Å². The third-order valence-electron chi connectivity index (χ3n) is 7.05. The van der Waals surface area contributed by atoms with Crippen molar-refractivity contribution in [1.29, 1.82) is 0 Å². The molecule has 1 saturated carbocycles. The van der Waals surface area contributed by atoms with Gasteiger partial charge in [0.15, 0.2) is 0 Å². The van der Waals surface area contributed by atoms with E-state index in [1.165, 1.54) is 42.4 Å². The highest BCUT2D eigenvalue weighted by molar-refractivity contribution is 5.38. The van der Waals surface area contributed by atoms with Crippen molar-refractivity contribution < 1.29 is 4.74 Å². The van der Waals surface area contributed by atoms with Crippen LogP contribution in [0.5, 0.6) is 5.75 Å². The molecule has 2 heteroatoms. The van der Waals surface area contributed by atoms with E-state index in [0.29, 0.717) is 23.8 Å². The van der Waals surface area contributed by atoms with Crippen molar-refractivity contribution in [2.24, 2.45) is 17.6 Å². The van der Waals surface area contributed by atoms with E-state index in [0.717, 1.165) is 25.0 Å². The highest BCUT2D eigenvalue weighted by atomic mass is 16.5. The smallest absolute Gasteiger partial charge is 0.127 e. The largest absolute Gasteiger partial charge is 0.485 e. The molecule has 2 N–H and O–H groups in total. The van der Waals surface area contributed by atoms with Gasteiger partial charge in [0, 0.05) is 12.0 Å². The van der Waals surface area contributed by atoms with Crippen LogP contribution in [0.3, 0.4) is 0 Å². The Morgan fingerprint density at radius 2 is 1.83 bits per heavy atom. The van der Waals surface area contributed by atoms with E-state index in [1.54, 1.807) is 0 Å². The molecule has 0 saturated heterocycles. The number of nitrogens with two attached hydrogens (primary N) is 1. The third-order valence-corrected chi connectivity index (χ3v) is 7.05. The molecular formula is C28H41NO. The third kappa shape index (κ3) is 5.09. The van der Waals surface area contributed by atoms with Crippen LogP contribution >= 0.6 is 0 Å². The average Bonchev–Trinajstić information content (AvgIpc) is 3.37. The molecule has 30 heavy (non-hydrogen) atoms. The molecule has 164 valence electrons. The van der Waals surface area contributed by atoms with Gasteiger partial charge in [-0.3, -0.25) is 0 Å². The van der Waals surface area contributed by atoms with Crippen LogP contribution in [-0.4, -0.2) is 6.04 Å². The zero-order valence-corrected chi connectivity index (χ0v) is 19.4. The van der Waals surface area contributed by atoms with E-state index >= 15 is 0 Å². The van der Waals surface area contributed by atoms with E-state index in [2.05, 4.69) is 62.4 Å². The Bertz CT molecular complexity index is 786. The predicted molar refractivity (Wildman–Crippen MR) is 128 cm³/mol. The van der Waals surface area contributed by atoms with E-state index in [9.17, 15) is 0 Å². The molecule has 0 heterocycles. The molecule has 2 aromatic carbocycles. The number of hydrogen-bond donors (Lipinski definition) is 1. The van der Waals surface area contributed by atoms with Crippen molar-refractivity contribution in [3.63, 3.8) is 0 Å². The van der Waals surface area contributed by atoms with Gasteiger partial charge in [0.25, 0.3) is 0 Å². The highest BCUT2D eigenvalue weighted by Gasteiger charge is 2.41. The summed E-state index contributed by atoms with van der Waals surface area (Å²) in [6.45, 7) is 8.57. The maximum atomic E-state index is 6.73. The van der Waals surface area contributed by atoms with Crippen molar-refractivity contribution in [2.45, 2.75) is 90.7 Å². The number of ether oxygens (including phenoxy) is 1. The van der Waals surface area contributed by atoms with Crippen molar-refractivity contribution >= 4 is 0 Å². The van der Waals surface area contributed by atoms with Gasteiger partial charge in [0.1, 0.15) is 11.9 Å². The Hall–Kier alpha value is -1.80. The van der Waals surface area contributed by atoms with Crippen molar-refractivity contribution in [2.75, 3.05) is 0 Å². The van der Waals surface area contributed by atoms with Gasteiger partial charge >= 0.3 is 0 Å². The van der Waals surface area contributed by atoms with Crippen molar-refractivity contribution in [3.8, 4) is 5.75 Å². The lowest BCUT2D eigenvalue weighted by atomic mass is 9.86. The Labute approximate surface area is 184 Å². The second-order valence-electron chi connectivity index (χ2n) is 8.90. The highest BCUT2D eigenvalue weighted by Crippen LogP contribution is 2.47. The number of fused-ring (bicyclic) bond motifs is 1. The first-order valence-corrected chi connectivity index (χ1v) is 12.3. The number of rotatable bonds is 7. The molecule has 2 aliphatic carbocycles. The maximum Gasteiger partial charge on any atom is 0.127 e. The standard InChI is InChI=1S/C26H35NO.C2H6/c1-3-8-18(4-2)19-10-7-11-23(16-19)28-26-24-12-6-5-9-20(24)17-25(26)21-13-14-22(27)15-21;1-2/h5-7,9-12,16,18,21-22,25-26H,3-4,8,13-15,17,27H2,1-2H3;1-2H3/t18?,21?,22?,25-,26+;/m0./s1. The quantitative estimate of drug-likeness (QED) is 0.518. The van der Waals surface area contributed by atoms with Crippen LogP contribution in [0.2, 0.25) is 0 Å². The van der Waals surface area contributed by atoms with Gasteiger partial charge < -0.3 is 10.5 Å². The summed E-state index contributed by atoms with van der Waals surface area (Å²) in [6, 6.07) is 18.1. The van der Waals surface area contributed by atoms with Crippen LogP contribution in [-0.2, 0) is 6.42 Å². The zero-order valence-electron chi connectivity index (χ0n) is 19.4. The fourth-order valence-electron chi connectivity index (χ4n) is 5.54. The number of hydrogen-bond acceptors (Lipinski definition) is 2. The lowest BCUT2D eigenvalue weighted by Crippen LogP contribution is -2.23. The SMILES string of the molecule is CC.CCCC(CC)c1cccc(O[C@@H]2c3ccccc3C[C@H]2C2CCC(N)C2)c1. The topological polar surface area (TPSA) is 35.2 Å². The summed E-state index contributed by atoms with van der Waals surface area (Å²) in [5, 5.41) is 0. The normalized spacial score (nSPS) is 25.9. The Morgan fingerprint density at radius 1 is 1.03 bits per heavy atom. The number of benzene rings is 2. The second kappa shape index (κ2) is 11.0. The van der Waals surface area contributed by atoms with Crippen LogP contribution in [0.25, 0.3) is 0 Å². The molecule has 2 nitrogen and oxygen atoms in total. The summed E-state index contributed by atoms with van der Waals surface area (Å²) >= 11 is 0. The molecule has 0 aromatic heterocycles. The minimum Gasteiger partial charge on any atom is -0.485 e. The molecule has 2 aromatic rings.